The van der Waals surface area contributed by atoms with Crippen LogP contribution >= 0.6 is 15.9 Å². The van der Waals surface area contributed by atoms with Crippen LogP contribution in [0.1, 0.15) is 5.56 Å². The predicted octanol–water partition coefficient (Wildman–Crippen LogP) is 2.98. The maximum absolute atomic E-state index is 13.1. The van der Waals surface area contributed by atoms with Gasteiger partial charge in [-0.3, -0.25) is 0 Å². The Bertz CT molecular complexity index is 545. The van der Waals surface area contributed by atoms with Gasteiger partial charge in [0.15, 0.2) is 5.76 Å². The van der Waals surface area contributed by atoms with E-state index in [0.29, 0.717) is 23.4 Å². The normalized spacial score (nSPS) is 10.9. The van der Waals surface area contributed by atoms with E-state index in [1.54, 1.807) is 19.4 Å². The molecule has 102 valence electrons. The molecule has 1 N–H and O–H groups in total. The van der Waals surface area contributed by atoms with Crippen molar-refractivity contribution in [2.75, 3.05) is 20.3 Å². The highest BCUT2D eigenvalue weighted by Gasteiger charge is 2.13. The van der Waals surface area contributed by atoms with Gasteiger partial charge in [0.1, 0.15) is 5.82 Å². The molecule has 0 radical (unpaired) electrons. The van der Waals surface area contributed by atoms with Crippen LogP contribution in [0.4, 0.5) is 4.39 Å². The Kier molecular flexibility index (Phi) is 5.07. The Morgan fingerprint density at radius 1 is 1.47 bits per heavy atom. The summed E-state index contributed by atoms with van der Waals surface area (Å²) in [5.74, 6) is 0.340. The number of hydrogen-bond donors (Lipinski definition) is 1. The maximum Gasteiger partial charge on any atom is 0.172 e. The fourth-order valence-corrected chi connectivity index (χ4v) is 2.21. The summed E-state index contributed by atoms with van der Waals surface area (Å²) in [6.45, 7) is 2.00. The van der Waals surface area contributed by atoms with Gasteiger partial charge >= 0.3 is 0 Å². The smallest absolute Gasteiger partial charge is 0.172 e. The lowest BCUT2D eigenvalue weighted by molar-refractivity contribution is 0.199. The summed E-state index contributed by atoms with van der Waals surface area (Å²) in [5.41, 5.74) is 1.70. The monoisotopic (exact) mass is 328 g/mol. The van der Waals surface area contributed by atoms with Crippen LogP contribution in [0.15, 0.2) is 33.4 Å². The van der Waals surface area contributed by atoms with E-state index in [1.807, 2.05) is 0 Å². The number of rotatable bonds is 6. The zero-order chi connectivity index (χ0) is 13.7. The van der Waals surface area contributed by atoms with E-state index in [-0.39, 0.29) is 5.82 Å². The first kappa shape index (κ1) is 14.2. The Morgan fingerprint density at radius 3 is 3.05 bits per heavy atom. The van der Waals surface area contributed by atoms with Crippen molar-refractivity contribution < 1.29 is 13.7 Å². The second-order valence-corrected chi connectivity index (χ2v) is 4.83. The zero-order valence-corrected chi connectivity index (χ0v) is 12.0. The van der Waals surface area contributed by atoms with Crippen LogP contribution in [-0.4, -0.2) is 25.4 Å². The first-order valence-corrected chi connectivity index (χ1v) is 6.60. The van der Waals surface area contributed by atoms with Crippen molar-refractivity contribution in [3.63, 3.8) is 0 Å². The van der Waals surface area contributed by atoms with Crippen molar-refractivity contribution in [1.82, 2.24) is 10.5 Å². The molecule has 2 aromatic rings. The van der Waals surface area contributed by atoms with Crippen molar-refractivity contribution in [1.29, 1.82) is 0 Å². The average Bonchev–Trinajstić information content (AvgIpc) is 2.83. The molecule has 0 atom stereocenters. The molecule has 4 nitrogen and oxygen atoms in total. The minimum Gasteiger partial charge on any atom is -0.383 e. The molecule has 1 aromatic carbocycles. The summed E-state index contributed by atoms with van der Waals surface area (Å²) in [4.78, 5) is 0. The zero-order valence-electron chi connectivity index (χ0n) is 10.5. The molecular formula is C13H14BrFN2O2. The van der Waals surface area contributed by atoms with Gasteiger partial charge < -0.3 is 14.6 Å². The van der Waals surface area contributed by atoms with Gasteiger partial charge in [0.25, 0.3) is 0 Å². The SMILES string of the molecule is COCCNCc1cnoc1-c1ccc(F)cc1Br. The van der Waals surface area contributed by atoms with Gasteiger partial charge in [0.05, 0.1) is 12.8 Å². The van der Waals surface area contributed by atoms with Gasteiger partial charge in [-0.2, -0.15) is 0 Å². The van der Waals surface area contributed by atoms with Gasteiger partial charge in [-0.15, -0.1) is 0 Å². The standard InChI is InChI=1S/C13H14BrFN2O2/c1-18-5-4-16-7-9-8-17-19-13(9)11-3-2-10(15)6-12(11)14/h2-3,6,8,16H,4-5,7H2,1H3. The highest BCUT2D eigenvalue weighted by atomic mass is 79.9. The molecule has 1 aromatic heterocycles. The van der Waals surface area contributed by atoms with Crippen molar-refractivity contribution in [3.8, 4) is 11.3 Å². The van der Waals surface area contributed by atoms with E-state index in [2.05, 4.69) is 26.4 Å². The number of ether oxygens (including phenoxy) is 1. The molecule has 2 rings (SSSR count). The molecule has 0 bridgehead atoms. The van der Waals surface area contributed by atoms with Crippen LogP contribution in [0.3, 0.4) is 0 Å². The fourth-order valence-electron chi connectivity index (χ4n) is 1.68. The third-order valence-electron chi connectivity index (χ3n) is 2.62. The first-order chi connectivity index (χ1) is 9.22. The Balaban J connectivity index is 2.14. The second-order valence-electron chi connectivity index (χ2n) is 3.97. The molecule has 0 aliphatic carbocycles. The molecule has 0 aliphatic heterocycles. The number of benzene rings is 1. The maximum atomic E-state index is 13.1. The van der Waals surface area contributed by atoms with Crippen LogP contribution < -0.4 is 5.32 Å². The van der Waals surface area contributed by atoms with Crippen molar-refractivity contribution >= 4 is 15.9 Å². The molecule has 0 saturated carbocycles. The lowest BCUT2D eigenvalue weighted by atomic mass is 10.1. The van der Waals surface area contributed by atoms with Crippen LogP contribution in [-0.2, 0) is 11.3 Å². The molecule has 6 heteroatoms. The highest BCUT2D eigenvalue weighted by Crippen LogP contribution is 2.31. The largest absolute Gasteiger partial charge is 0.383 e. The molecule has 0 saturated heterocycles. The van der Waals surface area contributed by atoms with Crippen molar-refractivity contribution in [2.24, 2.45) is 0 Å². The van der Waals surface area contributed by atoms with Crippen molar-refractivity contribution in [3.05, 3.63) is 40.2 Å². The summed E-state index contributed by atoms with van der Waals surface area (Å²) in [6.07, 6.45) is 1.66. The van der Waals surface area contributed by atoms with E-state index < -0.39 is 0 Å². The molecule has 19 heavy (non-hydrogen) atoms. The minimum absolute atomic E-state index is 0.296. The predicted molar refractivity (Wildman–Crippen MR) is 73.2 cm³/mol. The van der Waals surface area contributed by atoms with E-state index in [1.165, 1.54) is 12.1 Å². The van der Waals surface area contributed by atoms with Gasteiger partial charge in [0, 0.05) is 35.8 Å². The number of nitrogens with zero attached hydrogens (tertiary/aromatic N) is 1. The molecule has 0 amide bonds. The Morgan fingerprint density at radius 2 is 2.32 bits per heavy atom. The molecule has 0 spiro atoms. The van der Waals surface area contributed by atoms with E-state index in [9.17, 15) is 4.39 Å². The highest BCUT2D eigenvalue weighted by molar-refractivity contribution is 9.10. The van der Waals surface area contributed by atoms with Crippen LogP contribution in [0.2, 0.25) is 0 Å². The van der Waals surface area contributed by atoms with Gasteiger partial charge in [-0.05, 0) is 34.1 Å². The fraction of sp³-hybridized carbons (Fsp3) is 0.308. The lowest BCUT2D eigenvalue weighted by Crippen LogP contribution is -2.18. The van der Waals surface area contributed by atoms with Crippen LogP contribution in [0, 0.1) is 5.82 Å². The number of halogens is 2. The Hall–Kier alpha value is -1.24. The lowest BCUT2D eigenvalue weighted by Gasteiger charge is -2.05. The quantitative estimate of drug-likeness (QED) is 0.828. The molecule has 0 unspecified atom stereocenters. The van der Waals surface area contributed by atoms with Gasteiger partial charge in [0.2, 0.25) is 0 Å². The summed E-state index contributed by atoms with van der Waals surface area (Å²) in [6, 6.07) is 4.46. The topological polar surface area (TPSA) is 47.3 Å². The molecule has 0 fully saturated rings. The third kappa shape index (κ3) is 3.62. The van der Waals surface area contributed by atoms with Crippen LogP contribution in [0.5, 0.6) is 0 Å². The third-order valence-corrected chi connectivity index (χ3v) is 3.27. The summed E-state index contributed by atoms with van der Waals surface area (Å²) in [7, 11) is 1.65. The minimum atomic E-state index is -0.296. The van der Waals surface area contributed by atoms with Crippen molar-refractivity contribution in [2.45, 2.75) is 6.54 Å². The summed E-state index contributed by atoms with van der Waals surface area (Å²) in [5, 5.41) is 7.02. The van der Waals surface area contributed by atoms with Crippen LogP contribution in [0.25, 0.3) is 11.3 Å². The molecule has 0 aliphatic rings. The number of hydrogen-bond acceptors (Lipinski definition) is 4. The average molecular weight is 329 g/mol. The molecule has 1 heterocycles. The summed E-state index contributed by atoms with van der Waals surface area (Å²) >= 11 is 3.33. The Labute approximate surface area is 119 Å². The summed E-state index contributed by atoms with van der Waals surface area (Å²) < 4.78 is 23.9. The number of nitrogens with one attached hydrogen (secondary N) is 1. The number of aromatic nitrogens is 1. The first-order valence-electron chi connectivity index (χ1n) is 5.81. The number of methoxy groups -OCH3 is 1. The molecular weight excluding hydrogens is 315 g/mol. The second kappa shape index (κ2) is 6.79. The van der Waals surface area contributed by atoms with E-state index in [0.717, 1.165) is 17.7 Å². The van der Waals surface area contributed by atoms with E-state index >= 15 is 0 Å². The van der Waals surface area contributed by atoms with Gasteiger partial charge in [-0.25, -0.2) is 4.39 Å². The van der Waals surface area contributed by atoms with E-state index in [4.69, 9.17) is 9.26 Å². The van der Waals surface area contributed by atoms with Gasteiger partial charge in [-0.1, -0.05) is 5.16 Å².